The van der Waals surface area contributed by atoms with Crippen molar-refractivity contribution in [3.05, 3.63) is 54.6 Å². The maximum absolute atomic E-state index is 11.5. The van der Waals surface area contributed by atoms with Gasteiger partial charge in [0.2, 0.25) is 0 Å². The van der Waals surface area contributed by atoms with Crippen LogP contribution < -0.4 is 10.1 Å². The van der Waals surface area contributed by atoms with E-state index in [1.54, 1.807) is 30.7 Å². The summed E-state index contributed by atoms with van der Waals surface area (Å²) in [5.74, 6) is 0.384. The van der Waals surface area contributed by atoms with Gasteiger partial charge in [0.1, 0.15) is 5.75 Å². The van der Waals surface area contributed by atoms with Gasteiger partial charge >= 0.3 is 0 Å². The predicted molar refractivity (Wildman–Crippen MR) is 65.8 cm³/mol. The number of carbonyl (C=O) groups excluding carboxylic acids is 1. The summed E-state index contributed by atoms with van der Waals surface area (Å²) in [4.78, 5) is 19.5. The molecule has 2 rings (SSSR count). The molecule has 0 aliphatic heterocycles. The SMILES string of the molecule is O=C(COc1cccnc1)NCc1ccccn1. The zero-order chi connectivity index (χ0) is 12.6. The second kappa shape index (κ2) is 6.34. The molecule has 18 heavy (non-hydrogen) atoms. The topological polar surface area (TPSA) is 64.1 Å². The van der Waals surface area contributed by atoms with Crippen LogP contribution in [0.4, 0.5) is 0 Å². The highest BCUT2D eigenvalue weighted by Crippen LogP contribution is 2.05. The van der Waals surface area contributed by atoms with Crippen LogP contribution in [0.3, 0.4) is 0 Å². The number of carbonyl (C=O) groups is 1. The number of pyridine rings is 2. The molecule has 0 spiro atoms. The first kappa shape index (κ1) is 12.0. The fourth-order valence-corrected chi connectivity index (χ4v) is 1.32. The lowest BCUT2D eigenvalue weighted by Crippen LogP contribution is -2.28. The number of rotatable bonds is 5. The second-order valence-corrected chi connectivity index (χ2v) is 3.58. The lowest BCUT2D eigenvalue weighted by molar-refractivity contribution is -0.123. The minimum Gasteiger partial charge on any atom is -0.482 e. The Morgan fingerprint density at radius 2 is 2.17 bits per heavy atom. The first-order valence-electron chi connectivity index (χ1n) is 5.54. The van der Waals surface area contributed by atoms with Crippen molar-refractivity contribution in [1.82, 2.24) is 15.3 Å². The van der Waals surface area contributed by atoms with E-state index in [-0.39, 0.29) is 12.5 Å². The predicted octanol–water partition coefficient (Wildman–Crippen LogP) is 1.17. The summed E-state index contributed by atoms with van der Waals surface area (Å²) in [6.07, 6.45) is 4.90. The van der Waals surface area contributed by atoms with Gasteiger partial charge in [-0.15, -0.1) is 0 Å². The molecule has 0 atom stereocenters. The maximum Gasteiger partial charge on any atom is 0.258 e. The quantitative estimate of drug-likeness (QED) is 0.856. The highest BCUT2D eigenvalue weighted by atomic mass is 16.5. The van der Waals surface area contributed by atoms with E-state index < -0.39 is 0 Å². The van der Waals surface area contributed by atoms with E-state index in [4.69, 9.17) is 4.74 Å². The van der Waals surface area contributed by atoms with Crippen molar-refractivity contribution < 1.29 is 9.53 Å². The molecule has 0 fully saturated rings. The minimum absolute atomic E-state index is 0.0292. The van der Waals surface area contributed by atoms with Gasteiger partial charge in [-0.25, -0.2) is 0 Å². The summed E-state index contributed by atoms with van der Waals surface area (Å²) in [5.41, 5.74) is 0.812. The summed E-state index contributed by atoms with van der Waals surface area (Å²) in [5, 5.41) is 2.72. The van der Waals surface area contributed by atoms with E-state index in [9.17, 15) is 4.79 Å². The van der Waals surface area contributed by atoms with Crippen LogP contribution in [0.2, 0.25) is 0 Å². The van der Waals surface area contributed by atoms with Gasteiger partial charge in [0.15, 0.2) is 6.61 Å². The van der Waals surface area contributed by atoms with Crippen LogP contribution in [0.15, 0.2) is 48.9 Å². The molecule has 92 valence electrons. The number of nitrogens with one attached hydrogen (secondary N) is 1. The van der Waals surface area contributed by atoms with E-state index in [0.717, 1.165) is 5.69 Å². The Bertz CT molecular complexity index is 443. The molecule has 5 heteroatoms. The van der Waals surface area contributed by atoms with Crippen molar-refractivity contribution in [2.75, 3.05) is 6.61 Å². The van der Waals surface area contributed by atoms with Crippen LogP contribution in [-0.4, -0.2) is 22.5 Å². The largest absolute Gasteiger partial charge is 0.482 e. The van der Waals surface area contributed by atoms with Gasteiger partial charge in [0.05, 0.1) is 18.4 Å². The number of nitrogens with zero attached hydrogens (tertiary/aromatic N) is 2. The molecule has 1 amide bonds. The molecular weight excluding hydrogens is 230 g/mol. The Morgan fingerprint density at radius 1 is 1.22 bits per heavy atom. The van der Waals surface area contributed by atoms with Crippen LogP contribution in [0.25, 0.3) is 0 Å². The van der Waals surface area contributed by atoms with Gasteiger partial charge in [-0.1, -0.05) is 6.07 Å². The van der Waals surface area contributed by atoms with Crippen molar-refractivity contribution in [3.63, 3.8) is 0 Å². The second-order valence-electron chi connectivity index (χ2n) is 3.58. The maximum atomic E-state index is 11.5. The minimum atomic E-state index is -0.190. The fraction of sp³-hybridized carbons (Fsp3) is 0.154. The van der Waals surface area contributed by atoms with Crippen LogP contribution in [-0.2, 0) is 11.3 Å². The van der Waals surface area contributed by atoms with Crippen molar-refractivity contribution in [2.24, 2.45) is 0 Å². The number of amides is 1. The highest BCUT2D eigenvalue weighted by molar-refractivity contribution is 5.77. The van der Waals surface area contributed by atoms with E-state index >= 15 is 0 Å². The van der Waals surface area contributed by atoms with Gasteiger partial charge in [-0.05, 0) is 24.3 Å². The van der Waals surface area contributed by atoms with Gasteiger partial charge in [-0.2, -0.15) is 0 Å². The van der Waals surface area contributed by atoms with E-state index in [1.807, 2.05) is 18.2 Å². The molecule has 0 saturated heterocycles. The van der Waals surface area contributed by atoms with Crippen molar-refractivity contribution >= 4 is 5.91 Å². The number of aromatic nitrogens is 2. The molecule has 2 heterocycles. The molecule has 2 aromatic heterocycles. The van der Waals surface area contributed by atoms with Gasteiger partial charge < -0.3 is 10.1 Å². The molecule has 0 aromatic carbocycles. The molecule has 0 bridgehead atoms. The summed E-state index contributed by atoms with van der Waals surface area (Å²) in [7, 11) is 0. The van der Waals surface area contributed by atoms with E-state index in [0.29, 0.717) is 12.3 Å². The number of hydrogen-bond acceptors (Lipinski definition) is 4. The lowest BCUT2D eigenvalue weighted by Gasteiger charge is -2.06. The molecule has 0 aliphatic carbocycles. The lowest BCUT2D eigenvalue weighted by atomic mass is 10.3. The Labute approximate surface area is 105 Å². The first-order chi connectivity index (χ1) is 8.84. The summed E-state index contributed by atoms with van der Waals surface area (Å²) < 4.78 is 5.26. The molecule has 0 radical (unpaired) electrons. The molecule has 2 aromatic rings. The van der Waals surface area contributed by atoms with Crippen LogP contribution in [0.5, 0.6) is 5.75 Å². The summed E-state index contributed by atoms with van der Waals surface area (Å²) in [6, 6.07) is 9.06. The molecule has 0 unspecified atom stereocenters. The third-order valence-electron chi connectivity index (χ3n) is 2.20. The van der Waals surface area contributed by atoms with Crippen molar-refractivity contribution in [1.29, 1.82) is 0 Å². The Morgan fingerprint density at radius 3 is 2.89 bits per heavy atom. The van der Waals surface area contributed by atoms with Crippen molar-refractivity contribution in [3.8, 4) is 5.75 Å². The van der Waals surface area contributed by atoms with Crippen LogP contribution >= 0.6 is 0 Å². The Hall–Kier alpha value is -2.43. The Kier molecular flexibility index (Phi) is 4.24. The third-order valence-corrected chi connectivity index (χ3v) is 2.20. The Balaban J connectivity index is 1.73. The summed E-state index contributed by atoms with van der Waals surface area (Å²) in [6.45, 7) is 0.370. The average molecular weight is 243 g/mol. The monoisotopic (exact) mass is 243 g/mol. The van der Waals surface area contributed by atoms with E-state index in [2.05, 4.69) is 15.3 Å². The van der Waals surface area contributed by atoms with Crippen LogP contribution in [0, 0.1) is 0 Å². The first-order valence-corrected chi connectivity index (χ1v) is 5.54. The molecule has 1 N–H and O–H groups in total. The van der Waals surface area contributed by atoms with E-state index in [1.165, 1.54) is 0 Å². The molecular formula is C13H13N3O2. The highest BCUT2D eigenvalue weighted by Gasteiger charge is 2.02. The smallest absolute Gasteiger partial charge is 0.258 e. The van der Waals surface area contributed by atoms with Gasteiger partial charge in [-0.3, -0.25) is 14.8 Å². The fourth-order valence-electron chi connectivity index (χ4n) is 1.32. The number of hydrogen-bond donors (Lipinski definition) is 1. The number of ether oxygens (including phenoxy) is 1. The zero-order valence-electron chi connectivity index (χ0n) is 9.74. The van der Waals surface area contributed by atoms with Crippen LogP contribution in [0.1, 0.15) is 5.69 Å². The third kappa shape index (κ3) is 3.86. The van der Waals surface area contributed by atoms with Gasteiger partial charge in [0.25, 0.3) is 5.91 Å². The van der Waals surface area contributed by atoms with Crippen molar-refractivity contribution in [2.45, 2.75) is 6.54 Å². The molecule has 5 nitrogen and oxygen atoms in total. The molecule has 0 saturated carbocycles. The molecule has 0 aliphatic rings. The summed E-state index contributed by atoms with van der Waals surface area (Å²) >= 11 is 0. The average Bonchev–Trinajstić information content (AvgIpc) is 2.45. The standard InChI is InChI=1S/C13H13N3O2/c17-13(10-18-12-5-3-6-14-9-12)16-8-11-4-1-2-7-15-11/h1-7,9H,8,10H2,(H,16,17). The zero-order valence-corrected chi connectivity index (χ0v) is 9.74. The van der Waals surface area contributed by atoms with Gasteiger partial charge in [0, 0.05) is 12.4 Å². The normalized spacial score (nSPS) is 9.78.